The van der Waals surface area contributed by atoms with Crippen molar-refractivity contribution < 1.29 is 37.3 Å². The van der Waals surface area contributed by atoms with Crippen LogP contribution in [0.25, 0.3) is 0 Å². The van der Waals surface area contributed by atoms with Crippen LogP contribution in [0.15, 0.2) is 114 Å². The molecule has 1 aliphatic heterocycles. The van der Waals surface area contributed by atoms with Crippen LogP contribution < -0.4 is 20.3 Å². The molecule has 0 saturated carbocycles. The summed E-state index contributed by atoms with van der Waals surface area (Å²) in [5, 5.41) is 9.02. The number of nitrogens with zero attached hydrogens (tertiary/aromatic N) is 1. The van der Waals surface area contributed by atoms with Crippen molar-refractivity contribution in [2.24, 2.45) is 4.99 Å². The third-order valence-electron chi connectivity index (χ3n) is 7.10. The number of ether oxygens (including phenoxy) is 3. The average molecular weight is 620 g/mol. The van der Waals surface area contributed by atoms with E-state index in [1.54, 1.807) is 24.3 Å². The molecular weight excluding hydrogens is 587 g/mol. The average Bonchev–Trinajstić information content (AvgIpc) is 3.43. The number of hydrogen-bond acceptors (Lipinski definition) is 7. The van der Waals surface area contributed by atoms with Crippen molar-refractivity contribution in [3.63, 3.8) is 0 Å². The third kappa shape index (κ3) is 8.20. The molecule has 0 bridgehead atoms. The first kappa shape index (κ1) is 31.6. The Morgan fingerprint density at radius 3 is 2.16 bits per heavy atom. The largest absolute Gasteiger partial charge is 0.573 e. The number of rotatable bonds is 13. The molecule has 11 heteroatoms. The maximum atomic E-state index is 14.2. The number of carbonyl (C=O) groups is 1. The topological polar surface area (TPSA) is 101 Å². The van der Waals surface area contributed by atoms with E-state index in [4.69, 9.17) is 19.6 Å². The number of nitrogens with one attached hydrogen (secondary N) is 2. The minimum absolute atomic E-state index is 0.0349. The molecule has 45 heavy (non-hydrogen) atoms. The van der Waals surface area contributed by atoms with Crippen molar-refractivity contribution in [1.29, 1.82) is 0 Å². The van der Waals surface area contributed by atoms with Gasteiger partial charge in [-0.15, -0.1) is 13.2 Å². The lowest BCUT2D eigenvalue weighted by Crippen LogP contribution is -2.53. The molecule has 0 spiro atoms. The van der Waals surface area contributed by atoms with E-state index in [0.29, 0.717) is 29.9 Å². The molecule has 4 aromatic rings. The van der Waals surface area contributed by atoms with Crippen LogP contribution in [0.1, 0.15) is 34.8 Å². The molecule has 1 amide bonds. The molecule has 0 unspecified atom stereocenters. The summed E-state index contributed by atoms with van der Waals surface area (Å²) in [6, 6.07) is 31.4. The number of aliphatic hydroxyl groups excluding tert-OH is 1. The lowest BCUT2D eigenvalue weighted by atomic mass is 9.82. The summed E-state index contributed by atoms with van der Waals surface area (Å²) >= 11 is 0. The summed E-state index contributed by atoms with van der Waals surface area (Å²) in [6.07, 6.45) is -4.83. The number of alkyl halides is 3. The van der Waals surface area contributed by atoms with E-state index in [1.165, 1.54) is 24.3 Å². The molecule has 2 atom stereocenters. The van der Waals surface area contributed by atoms with Gasteiger partial charge in [-0.3, -0.25) is 10.2 Å². The zero-order valence-electron chi connectivity index (χ0n) is 24.2. The van der Waals surface area contributed by atoms with E-state index in [1.807, 2.05) is 60.7 Å². The van der Waals surface area contributed by atoms with Gasteiger partial charge in [-0.2, -0.15) is 0 Å². The molecule has 0 radical (unpaired) electrons. The van der Waals surface area contributed by atoms with E-state index in [0.717, 1.165) is 11.1 Å². The van der Waals surface area contributed by atoms with Crippen molar-refractivity contribution in [1.82, 2.24) is 10.9 Å². The molecule has 1 aliphatic rings. The van der Waals surface area contributed by atoms with E-state index in [9.17, 15) is 18.0 Å². The molecule has 0 fully saturated rings. The fourth-order valence-electron chi connectivity index (χ4n) is 4.96. The van der Waals surface area contributed by atoms with Gasteiger partial charge in [-0.25, -0.2) is 10.4 Å². The molecule has 0 saturated heterocycles. The number of carbonyl (C=O) groups excluding carboxylic acids is 1. The molecule has 0 aliphatic carbocycles. The lowest BCUT2D eigenvalue weighted by Gasteiger charge is -2.31. The molecule has 8 nitrogen and oxygen atoms in total. The second-order valence-corrected chi connectivity index (χ2v) is 10.4. The Morgan fingerprint density at radius 2 is 1.51 bits per heavy atom. The van der Waals surface area contributed by atoms with Gasteiger partial charge in [-0.1, -0.05) is 72.8 Å². The Bertz CT molecular complexity index is 1570. The lowest BCUT2D eigenvalue weighted by molar-refractivity contribution is -0.274. The molecule has 0 aromatic heterocycles. The molecular formula is C34H32F3N3O5. The first-order chi connectivity index (χ1) is 21.8. The normalized spacial score (nSPS) is 17.7. The summed E-state index contributed by atoms with van der Waals surface area (Å²) in [5.74, 6) is 0.131. The van der Waals surface area contributed by atoms with Crippen LogP contribution in [0.4, 0.5) is 13.2 Å². The summed E-state index contributed by atoms with van der Waals surface area (Å²) in [6.45, 7) is 0.542. The third-order valence-corrected chi connectivity index (χ3v) is 7.10. The Kier molecular flexibility index (Phi) is 10.0. The summed E-state index contributed by atoms with van der Waals surface area (Å²) < 4.78 is 53.6. The SMILES string of the molecule is O=C(NNCc1ccc(OC(F)(F)F)cc1)[C@@]1(Cc2ccccc2)N=C(c2ccc(OCCCO)cc2)O[C@H]1c1ccccc1. The van der Waals surface area contributed by atoms with Gasteiger partial charge in [0.15, 0.2) is 11.6 Å². The number of amides is 1. The van der Waals surface area contributed by atoms with Crippen molar-refractivity contribution >= 4 is 11.8 Å². The Hall–Kier alpha value is -4.87. The summed E-state index contributed by atoms with van der Waals surface area (Å²) in [4.78, 5) is 19.2. The van der Waals surface area contributed by atoms with Crippen molar-refractivity contribution in [2.75, 3.05) is 13.2 Å². The number of hydrazine groups is 1. The molecule has 3 N–H and O–H groups in total. The van der Waals surface area contributed by atoms with Crippen LogP contribution in [0, 0.1) is 0 Å². The predicted molar refractivity (Wildman–Crippen MR) is 161 cm³/mol. The minimum Gasteiger partial charge on any atom is -0.494 e. The van der Waals surface area contributed by atoms with E-state index < -0.39 is 23.9 Å². The van der Waals surface area contributed by atoms with Crippen LogP contribution in [-0.2, 0) is 22.5 Å². The maximum Gasteiger partial charge on any atom is 0.573 e. The minimum atomic E-state index is -4.78. The highest BCUT2D eigenvalue weighted by molar-refractivity contribution is 6.01. The van der Waals surface area contributed by atoms with Gasteiger partial charge in [0.25, 0.3) is 5.91 Å². The first-order valence-electron chi connectivity index (χ1n) is 14.3. The van der Waals surface area contributed by atoms with Crippen molar-refractivity contribution in [2.45, 2.75) is 37.4 Å². The van der Waals surface area contributed by atoms with Gasteiger partial charge in [0, 0.05) is 31.6 Å². The Balaban J connectivity index is 1.42. The van der Waals surface area contributed by atoms with Crippen LogP contribution in [0.5, 0.6) is 11.5 Å². The highest BCUT2D eigenvalue weighted by Gasteiger charge is 2.53. The zero-order chi connectivity index (χ0) is 31.7. The number of aliphatic imine (C=N–C) groups is 1. The molecule has 4 aromatic carbocycles. The van der Waals surface area contributed by atoms with Gasteiger partial charge >= 0.3 is 6.36 Å². The Labute approximate surface area is 258 Å². The van der Waals surface area contributed by atoms with E-state index in [2.05, 4.69) is 15.6 Å². The summed E-state index contributed by atoms with van der Waals surface area (Å²) in [5.41, 5.74) is 7.14. The van der Waals surface area contributed by atoms with Crippen LogP contribution >= 0.6 is 0 Å². The van der Waals surface area contributed by atoms with Gasteiger partial charge in [0.05, 0.1) is 6.61 Å². The standard InChI is InChI=1S/C34H32F3N3O5/c35-34(36,37)45-29-16-12-25(13-17-29)23-38-40-32(42)33(22-24-8-3-1-4-9-24)30(26-10-5-2-6-11-26)44-31(39-33)27-14-18-28(19-15-27)43-21-7-20-41/h1-6,8-19,30,38,41H,7,20-23H2,(H,40,42)/t30-,33-/m0/s1. The number of aliphatic hydroxyl groups is 1. The number of benzene rings is 4. The van der Waals surface area contributed by atoms with E-state index >= 15 is 0 Å². The van der Waals surface area contributed by atoms with Crippen molar-refractivity contribution in [3.8, 4) is 11.5 Å². The second-order valence-electron chi connectivity index (χ2n) is 10.4. The Morgan fingerprint density at radius 1 is 0.867 bits per heavy atom. The zero-order valence-corrected chi connectivity index (χ0v) is 24.2. The van der Waals surface area contributed by atoms with Crippen LogP contribution in [0.3, 0.4) is 0 Å². The molecule has 1 heterocycles. The van der Waals surface area contributed by atoms with Crippen molar-refractivity contribution in [3.05, 3.63) is 131 Å². The van der Waals surface area contributed by atoms with Gasteiger partial charge in [0.1, 0.15) is 11.5 Å². The monoisotopic (exact) mass is 619 g/mol. The fourth-order valence-corrected chi connectivity index (χ4v) is 4.96. The van der Waals surface area contributed by atoms with Crippen LogP contribution in [-0.4, -0.2) is 42.0 Å². The van der Waals surface area contributed by atoms with Crippen LogP contribution in [0.2, 0.25) is 0 Å². The smallest absolute Gasteiger partial charge is 0.494 e. The molecule has 5 rings (SSSR count). The number of hydrogen-bond donors (Lipinski definition) is 3. The molecule has 234 valence electrons. The predicted octanol–water partition coefficient (Wildman–Crippen LogP) is 5.67. The summed E-state index contributed by atoms with van der Waals surface area (Å²) in [7, 11) is 0. The number of halogens is 3. The van der Waals surface area contributed by atoms with Gasteiger partial charge in [-0.05, 0) is 53.1 Å². The first-order valence-corrected chi connectivity index (χ1v) is 14.3. The maximum absolute atomic E-state index is 14.2. The second kappa shape index (κ2) is 14.3. The van der Waals surface area contributed by atoms with Gasteiger partial charge < -0.3 is 19.3 Å². The van der Waals surface area contributed by atoms with Gasteiger partial charge in [0.2, 0.25) is 5.90 Å². The van der Waals surface area contributed by atoms with E-state index in [-0.39, 0.29) is 31.2 Å². The highest BCUT2D eigenvalue weighted by atomic mass is 19.4. The fraction of sp³-hybridized carbons (Fsp3) is 0.235. The quantitative estimate of drug-likeness (QED) is 0.132. The highest BCUT2D eigenvalue weighted by Crippen LogP contribution is 2.42.